The lowest BCUT2D eigenvalue weighted by molar-refractivity contribution is 1.28. The second-order valence-electron chi connectivity index (χ2n) is 11.0. The van der Waals surface area contributed by atoms with Gasteiger partial charge in [0.25, 0.3) is 0 Å². The van der Waals surface area contributed by atoms with Crippen LogP contribution in [-0.4, -0.2) is 8.07 Å². The van der Waals surface area contributed by atoms with Crippen molar-refractivity contribution >= 4 is 47.3 Å². The van der Waals surface area contributed by atoms with Gasteiger partial charge in [0.1, 0.15) is 8.07 Å². The number of rotatable bonds is 5. The summed E-state index contributed by atoms with van der Waals surface area (Å²) in [6, 6.07) is 55.0. The molecule has 0 aliphatic carbocycles. The molecule has 0 fully saturated rings. The van der Waals surface area contributed by atoms with E-state index >= 15 is 0 Å². The number of benzene rings is 6. The highest BCUT2D eigenvalue weighted by Gasteiger charge is 2.35. The minimum atomic E-state index is -1.77. The zero-order valence-corrected chi connectivity index (χ0v) is 25.1. The molecule has 0 radical (unpaired) electrons. The van der Waals surface area contributed by atoms with Crippen LogP contribution in [0.4, 0.5) is 17.1 Å². The number of anilines is 3. The Kier molecular flexibility index (Phi) is 6.62. The summed E-state index contributed by atoms with van der Waals surface area (Å²) < 4.78 is 0. The summed E-state index contributed by atoms with van der Waals surface area (Å²) in [7, 11) is -1.77. The highest BCUT2D eigenvalue weighted by atomic mass is 32.2. The molecule has 6 aromatic rings. The van der Waals surface area contributed by atoms with Gasteiger partial charge in [-0.3, -0.25) is 0 Å². The molecule has 1 nitrogen and oxygen atoms in total. The van der Waals surface area contributed by atoms with E-state index in [1.54, 1.807) is 5.19 Å². The topological polar surface area (TPSA) is 3.24 Å². The van der Waals surface area contributed by atoms with Gasteiger partial charge in [-0.05, 0) is 75.1 Å². The fraction of sp³-hybridized carbons (Fsp3) is 0.0526. The monoisotopic (exact) mass is 561 g/mol. The van der Waals surface area contributed by atoms with Crippen molar-refractivity contribution in [2.45, 2.75) is 22.9 Å². The van der Waals surface area contributed by atoms with E-state index in [1.165, 1.54) is 37.2 Å². The van der Waals surface area contributed by atoms with Crippen molar-refractivity contribution in [1.29, 1.82) is 0 Å². The second kappa shape index (κ2) is 10.6. The lowest BCUT2D eigenvalue weighted by Gasteiger charge is -2.34. The van der Waals surface area contributed by atoms with E-state index in [4.69, 9.17) is 0 Å². The molecule has 198 valence electrons. The number of para-hydroxylation sites is 1. The van der Waals surface area contributed by atoms with Crippen LogP contribution in [0.1, 0.15) is 0 Å². The van der Waals surface area contributed by atoms with Gasteiger partial charge >= 0.3 is 0 Å². The van der Waals surface area contributed by atoms with Crippen molar-refractivity contribution in [3.8, 4) is 22.3 Å². The highest BCUT2D eigenvalue weighted by Crippen LogP contribution is 2.41. The number of fused-ring (bicyclic) bond motifs is 2. The first-order valence-corrected chi connectivity index (χ1v) is 17.9. The standard InChI is InChI=1S/C38H31NSSi/c1-41(2)36-18-10-9-17-35(36)40-38-34(16-11-19-37(38)41)30-22-26-33(27-23-30)39(31-14-7-4-8-15-31)32-24-20-29(21-25-32)28-12-5-3-6-13-28/h3-27H,1-2H3. The van der Waals surface area contributed by atoms with Gasteiger partial charge in [0.15, 0.2) is 0 Å². The Labute approximate surface area is 248 Å². The van der Waals surface area contributed by atoms with Crippen molar-refractivity contribution in [2.24, 2.45) is 0 Å². The van der Waals surface area contributed by atoms with Crippen molar-refractivity contribution in [3.05, 3.63) is 152 Å². The third-order valence-electron chi connectivity index (χ3n) is 8.14. The zero-order chi connectivity index (χ0) is 27.8. The smallest absolute Gasteiger partial charge is 0.115 e. The van der Waals surface area contributed by atoms with Gasteiger partial charge in [0.2, 0.25) is 0 Å². The van der Waals surface area contributed by atoms with Gasteiger partial charge in [-0.25, -0.2) is 0 Å². The third-order valence-corrected chi connectivity index (χ3v) is 13.3. The third kappa shape index (κ3) is 4.71. The Morgan fingerprint density at radius 3 is 1.63 bits per heavy atom. The van der Waals surface area contributed by atoms with Gasteiger partial charge in [0.05, 0.1) is 0 Å². The minimum Gasteiger partial charge on any atom is -0.311 e. The van der Waals surface area contributed by atoms with Gasteiger partial charge in [-0.15, -0.1) is 0 Å². The van der Waals surface area contributed by atoms with Crippen LogP contribution >= 0.6 is 11.8 Å². The largest absolute Gasteiger partial charge is 0.311 e. The molecule has 0 bridgehead atoms. The Morgan fingerprint density at radius 1 is 0.439 bits per heavy atom. The van der Waals surface area contributed by atoms with E-state index in [0.29, 0.717) is 0 Å². The molecular weight excluding hydrogens is 531 g/mol. The molecular formula is C38H31NSSi. The molecule has 0 N–H and O–H groups in total. The molecule has 0 atom stereocenters. The molecule has 0 unspecified atom stereocenters. The summed E-state index contributed by atoms with van der Waals surface area (Å²) in [5, 5.41) is 3.08. The van der Waals surface area contributed by atoms with Crippen molar-refractivity contribution in [1.82, 2.24) is 0 Å². The first kappa shape index (κ1) is 25.6. The summed E-state index contributed by atoms with van der Waals surface area (Å²) in [4.78, 5) is 5.17. The molecule has 41 heavy (non-hydrogen) atoms. The average Bonchev–Trinajstić information content (AvgIpc) is 3.03. The maximum Gasteiger partial charge on any atom is 0.115 e. The Morgan fingerprint density at radius 2 is 0.951 bits per heavy atom. The normalized spacial score (nSPS) is 13.2. The fourth-order valence-corrected chi connectivity index (χ4v) is 11.5. The quantitative estimate of drug-likeness (QED) is 0.193. The summed E-state index contributed by atoms with van der Waals surface area (Å²) in [5.41, 5.74) is 8.46. The average molecular weight is 562 g/mol. The fourth-order valence-electron chi connectivity index (χ4n) is 5.94. The molecule has 0 amide bonds. The molecule has 6 aromatic carbocycles. The van der Waals surface area contributed by atoms with Crippen LogP contribution in [0.2, 0.25) is 13.1 Å². The molecule has 7 rings (SSSR count). The van der Waals surface area contributed by atoms with E-state index in [0.717, 1.165) is 17.1 Å². The van der Waals surface area contributed by atoms with E-state index in [9.17, 15) is 0 Å². The Balaban J connectivity index is 1.27. The number of hydrogen-bond acceptors (Lipinski definition) is 2. The number of hydrogen-bond donors (Lipinski definition) is 0. The molecule has 1 heterocycles. The van der Waals surface area contributed by atoms with E-state index < -0.39 is 8.07 Å². The summed E-state index contributed by atoms with van der Waals surface area (Å²) >= 11 is 1.93. The molecule has 0 saturated carbocycles. The Bertz CT molecular complexity index is 1810. The molecule has 1 aliphatic heterocycles. The molecule has 3 heteroatoms. The van der Waals surface area contributed by atoms with Gasteiger partial charge in [-0.2, -0.15) is 0 Å². The highest BCUT2D eigenvalue weighted by molar-refractivity contribution is 8.00. The van der Waals surface area contributed by atoms with Crippen molar-refractivity contribution in [3.63, 3.8) is 0 Å². The van der Waals surface area contributed by atoms with Crippen molar-refractivity contribution in [2.75, 3.05) is 4.90 Å². The van der Waals surface area contributed by atoms with Crippen LogP contribution in [0.15, 0.2) is 161 Å². The van der Waals surface area contributed by atoms with Crippen LogP contribution in [0.25, 0.3) is 22.3 Å². The van der Waals surface area contributed by atoms with Gasteiger partial charge in [-0.1, -0.05) is 134 Å². The van der Waals surface area contributed by atoms with E-state index in [-0.39, 0.29) is 0 Å². The minimum absolute atomic E-state index is 1.14. The predicted octanol–water partition coefficient (Wildman–Crippen LogP) is 9.78. The maximum absolute atomic E-state index is 2.48. The van der Waals surface area contributed by atoms with Crippen LogP contribution < -0.4 is 15.3 Å². The van der Waals surface area contributed by atoms with E-state index in [2.05, 4.69) is 170 Å². The van der Waals surface area contributed by atoms with E-state index in [1.807, 2.05) is 11.8 Å². The molecule has 0 spiro atoms. The first-order valence-electron chi connectivity index (χ1n) is 14.1. The van der Waals surface area contributed by atoms with Crippen LogP contribution in [0.3, 0.4) is 0 Å². The lowest BCUT2D eigenvalue weighted by Crippen LogP contribution is -2.56. The zero-order valence-electron chi connectivity index (χ0n) is 23.3. The van der Waals surface area contributed by atoms with Gasteiger partial charge < -0.3 is 4.90 Å². The summed E-state index contributed by atoms with van der Waals surface area (Å²) in [5.74, 6) is 0. The van der Waals surface area contributed by atoms with Crippen LogP contribution in [0.5, 0.6) is 0 Å². The lowest BCUT2D eigenvalue weighted by atomic mass is 10.0. The van der Waals surface area contributed by atoms with Crippen LogP contribution in [-0.2, 0) is 0 Å². The second-order valence-corrected chi connectivity index (χ2v) is 16.4. The summed E-state index contributed by atoms with van der Waals surface area (Å²) in [6.45, 7) is 4.97. The molecule has 1 aliphatic rings. The van der Waals surface area contributed by atoms with Gasteiger partial charge in [0, 0.05) is 26.9 Å². The SMILES string of the molecule is C[Si]1(C)c2ccccc2Sc2c(-c3ccc(N(c4ccccc4)c4ccc(-c5ccccc5)cc4)cc3)cccc21. The maximum atomic E-state index is 2.48. The first-order chi connectivity index (χ1) is 20.1. The Hall–Kier alpha value is -4.31. The molecule has 0 saturated heterocycles. The van der Waals surface area contributed by atoms with Crippen molar-refractivity contribution < 1.29 is 0 Å². The number of nitrogens with zero attached hydrogens (tertiary/aromatic N) is 1. The molecule has 0 aromatic heterocycles. The predicted molar refractivity (Wildman–Crippen MR) is 179 cm³/mol. The van der Waals surface area contributed by atoms with Crippen LogP contribution in [0, 0.1) is 0 Å². The summed E-state index contributed by atoms with van der Waals surface area (Å²) in [6.07, 6.45) is 0.